The number of amides is 2. The molecule has 234 valence electrons. The van der Waals surface area contributed by atoms with Crippen LogP contribution in [0.3, 0.4) is 0 Å². The molecular weight excluding hydrogens is 574 g/mol. The van der Waals surface area contributed by atoms with Crippen LogP contribution in [0.1, 0.15) is 39.2 Å². The van der Waals surface area contributed by atoms with E-state index in [2.05, 4.69) is 10.6 Å². The molecule has 3 unspecified atom stereocenters. The number of hydrogen-bond acceptors (Lipinski definition) is 9. The molecule has 0 spiro atoms. The molecule has 0 saturated carbocycles. The highest BCUT2D eigenvalue weighted by Crippen LogP contribution is 2.38. The van der Waals surface area contributed by atoms with E-state index >= 15 is 0 Å². The Balaban J connectivity index is 1.85. The monoisotopic (exact) mass is 615 g/mol. The van der Waals surface area contributed by atoms with Gasteiger partial charge in [0.2, 0.25) is 28.1 Å². The molecule has 3 N–H and O–H groups in total. The number of carbonyl (C=O) groups excluding carboxylic acids is 2. The fourth-order valence-corrected chi connectivity index (χ4v) is 6.56. The lowest BCUT2D eigenvalue weighted by molar-refractivity contribution is -0.123. The first-order chi connectivity index (χ1) is 20.2. The minimum atomic E-state index is -4.27. The summed E-state index contributed by atoms with van der Waals surface area (Å²) < 4.78 is 40.5. The van der Waals surface area contributed by atoms with Crippen LogP contribution in [0.5, 0.6) is 11.5 Å². The zero-order valence-corrected chi connectivity index (χ0v) is 26.1. The average molecular weight is 616 g/mol. The third kappa shape index (κ3) is 9.39. The molecule has 13 heteroatoms. The van der Waals surface area contributed by atoms with Crippen molar-refractivity contribution >= 4 is 21.8 Å². The smallest absolute Gasteiger partial charge is 0.245 e. The number of nitriles is 1. The molecule has 0 fully saturated rings. The quantitative estimate of drug-likeness (QED) is 0.254. The molecule has 1 aliphatic rings. The summed E-state index contributed by atoms with van der Waals surface area (Å²) in [5, 5.41) is 26.8. The maximum absolute atomic E-state index is 14.1. The summed E-state index contributed by atoms with van der Waals surface area (Å²) in [6.07, 6.45) is -1.04. The SMILES string of the molecule is CC(C)CN(C(O)(CCNC(=O)CC(C#N)NC(=O)CN(C)C)Cc1ccccc1)S(=O)(=O)c1ccc2c(c1)OC(C)O2. The van der Waals surface area contributed by atoms with Crippen LogP contribution in [0.25, 0.3) is 0 Å². The molecule has 2 aromatic carbocycles. The zero-order valence-electron chi connectivity index (χ0n) is 25.2. The number of aliphatic hydroxyl groups is 1. The van der Waals surface area contributed by atoms with Gasteiger partial charge in [0.25, 0.3) is 0 Å². The molecule has 3 atom stereocenters. The molecule has 1 heterocycles. The topological polar surface area (TPSA) is 161 Å². The lowest BCUT2D eigenvalue weighted by Crippen LogP contribution is -2.56. The van der Waals surface area contributed by atoms with Crippen LogP contribution in [0.15, 0.2) is 53.4 Å². The highest BCUT2D eigenvalue weighted by atomic mass is 32.2. The largest absolute Gasteiger partial charge is 0.451 e. The standard InChI is InChI=1S/C30H41N5O7S/c1-21(2)19-35(43(39,40)25-11-12-26-27(16-25)42-22(3)41-26)30(38,17-23-9-7-6-8-10-23)13-14-32-28(36)15-24(18-31)33-29(37)20-34(4)5/h6-12,16,21-22,24,38H,13-15,17,19-20H2,1-5H3,(H,32,36)(H,33,37). The van der Waals surface area contributed by atoms with Gasteiger partial charge in [0.1, 0.15) is 11.8 Å². The van der Waals surface area contributed by atoms with Gasteiger partial charge in [0.05, 0.1) is 23.9 Å². The van der Waals surface area contributed by atoms with Crippen molar-refractivity contribution in [2.24, 2.45) is 5.92 Å². The zero-order chi connectivity index (χ0) is 31.8. The van der Waals surface area contributed by atoms with Crippen molar-refractivity contribution in [3.8, 4) is 17.6 Å². The van der Waals surface area contributed by atoms with Crippen molar-refractivity contribution in [1.82, 2.24) is 19.8 Å². The maximum atomic E-state index is 14.1. The summed E-state index contributed by atoms with van der Waals surface area (Å²) in [6.45, 7) is 5.37. The number of rotatable bonds is 15. The van der Waals surface area contributed by atoms with Gasteiger partial charge in [-0.05, 0) is 37.7 Å². The first kappa shape index (κ1) is 33.8. The van der Waals surface area contributed by atoms with Gasteiger partial charge in [0.15, 0.2) is 11.5 Å². The highest BCUT2D eigenvalue weighted by Gasteiger charge is 2.43. The summed E-state index contributed by atoms with van der Waals surface area (Å²) in [7, 11) is -0.853. The first-order valence-electron chi connectivity index (χ1n) is 14.1. The third-order valence-electron chi connectivity index (χ3n) is 6.60. The van der Waals surface area contributed by atoms with Gasteiger partial charge in [0, 0.05) is 38.9 Å². The number of ether oxygens (including phenoxy) is 2. The number of hydrogen-bond donors (Lipinski definition) is 3. The normalized spacial score (nSPS) is 16.5. The Kier molecular flexibility index (Phi) is 11.5. The number of benzene rings is 2. The molecule has 0 radical (unpaired) electrons. The van der Waals surface area contributed by atoms with Crippen LogP contribution in [0.2, 0.25) is 0 Å². The lowest BCUT2D eigenvalue weighted by atomic mass is 9.98. The third-order valence-corrected chi connectivity index (χ3v) is 8.52. The summed E-state index contributed by atoms with van der Waals surface area (Å²) in [5.74, 6) is -0.349. The Morgan fingerprint density at radius 2 is 1.77 bits per heavy atom. The van der Waals surface area contributed by atoms with E-state index in [1.807, 2.05) is 26.0 Å². The summed E-state index contributed by atoms with van der Waals surface area (Å²) in [4.78, 5) is 26.3. The van der Waals surface area contributed by atoms with Crippen molar-refractivity contribution in [1.29, 1.82) is 5.26 Å². The van der Waals surface area contributed by atoms with Gasteiger partial charge in [-0.25, -0.2) is 8.42 Å². The predicted molar refractivity (Wildman–Crippen MR) is 159 cm³/mol. The Morgan fingerprint density at radius 3 is 2.40 bits per heavy atom. The van der Waals surface area contributed by atoms with Gasteiger partial charge in [-0.1, -0.05) is 44.2 Å². The average Bonchev–Trinajstić information content (AvgIpc) is 3.30. The first-order valence-corrected chi connectivity index (χ1v) is 15.5. The Labute approximate surface area is 253 Å². The van der Waals surface area contributed by atoms with Gasteiger partial charge >= 0.3 is 0 Å². The van der Waals surface area contributed by atoms with Crippen LogP contribution in [-0.4, -0.2) is 86.3 Å². The second-order valence-electron chi connectivity index (χ2n) is 11.3. The van der Waals surface area contributed by atoms with E-state index in [1.54, 1.807) is 50.2 Å². The second kappa shape index (κ2) is 14.7. The van der Waals surface area contributed by atoms with Gasteiger partial charge < -0.3 is 30.1 Å². The van der Waals surface area contributed by atoms with Crippen molar-refractivity contribution in [3.05, 3.63) is 54.1 Å². The molecule has 0 bridgehead atoms. The summed E-state index contributed by atoms with van der Waals surface area (Å²) >= 11 is 0. The van der Waals surface area contributed by atoms with Crippen LogP contribution < -0.4 is 20.1 Å². The number of nitrogens with zero attached hydrogens (tertiary/aromatic N) is 3. The van der Waals surface area contributed by atoms with E-state index in [0.29, 0.717) is 17.1 Å². The van der Waals surface area contributed by atoms with Gasteiger partial charge in [-0.3, -0.25) is 9.59 Å². The molecule has 1 aliphatic heterocycles. The molecule has 0 aliphatic carbocycles. The van der Waals surface area contributed by atoms with Crippen molar-refractivity contribution in [2.45, 2.75) is 63.0 Å². The molecule has 2 aromatic rings. The van der Waals surface area contributed by atoms with Crippen LogP contribution in [0, 0.1) is 17.2 Å². The molecule has 12 nitrogen and oxygen atoms in total. The Hall–Kier alpha value is -3.70. The fourth-order valence-electron chi connectivity index (χ4n) is 4.71. The molecule has 2 amide bonds. The lowest BCUT2D eigenvalue weighted by Gasteiger charge is -2.40. The van der Waals surface area contributed by atoms with Crippen LogP contribution >= 0.6 is 0 Å². The van der Waals surface area contributed by atoms with Crippen LogP contribution in [0.4, 0.5) is 0 Å². The highest BCUT2D eigenvalue weighted by molar-refractivity contribution is 7.89. The predicted octanol–water partition coefficient (Wildman–Crippen LogP) is 1.85. The maximum Gasteiger partial charge on any atom is 0.245 e. The van der Waals surface area contributed by atoms with E-state index in [0.717, 1.165) is 4.31 Å². The molecule has 0 aromatic heterocycles. The second-order valence-corrected chi connectivity index (χ2v) is 13.1. The van der Waals surface area contributed by atoms with Gasteiger partial charge in [-0.2, -0.15) is 9.57 Å². The van der Waals surface area contributed by atoms with Crippen molar-refractivity contribution < 1.29 is 32.6 Å². The van der Waals surface area contributed by atoms with Crippen molar-refractivity contribution in [3.63, 3.8) is 0 Å². The van der Waals surface area contributed by atoms with E-state index in [4.69, 9.17) is 9.47 Å². The molecule has 0 saturated heterocycles. The van der Waals surface area contributed by atoms with Crippen LogP contribution in [-0.2, 0) is 26.0 Å². The number of sulfonamides is 1. The minimum Gasteiger partial charge on any atom is -0.451 e. The number of likely N-dealkylation sites (N-methyl/N-ethyl adjacent to an activating group) is 1. The molecule has 3 rings (SSSR count). The Morgan fingerprint density at radius 1 is 1.09 bits per heavy atom. The Bertz CT molecular complexity index is 1410. The van der Waals surface area contributed by atoms with E-state index in [1.165, 1.54) is 18.2 Å². The van der Waals surface area contributed by atoms with E-state index in [9.17, 15) is 28.4 Å². The fraction of sp³-hybridized carbons (Fsp3) is 0.500. The van der Waals surface area contributed by atoms with Crippen molar-refractivity contribution in [2.75, 3.05) is 33.7 Å². The molecular formula is C30H41N5O7S. The molecule has 43 heavy (non-hydrogen) atoms. The minimum absolute atomic E-state index is 0.00112. The van der Waals surface area contributed by atoms with E-state index in [-0.39, 0.29) is 49.7 Å². The number of fused-ring (bicyclic) bond motifs is 1. The summed E-state index contributed by atoms with van der Waals surface area (Å²) in [6, 6.07) is 14.2. The van der Waals surface area contributed by atoms with E-state index < -0.39 is 39.9 Å². The summed E-state index contributed by atoms with van der Waals surface area (Å²) in [5.41, 5.74) is -1.23. The number of nitrogens with one attached hydrogen (secondary N) is 2. The number of carbonyl (C=O) groups is 2. The van der Waals surface area contributed by atoms with Gasteiger partial charge in [-0.15, -0.1) is 0 Å².